The Morgan fingerprint density at radius 2 is 1.91 bits per heavy atom. The van der Waals surface area contributed by atoms with E-state index < -0.39 is 28.4 Å². The lowest BCUT2D eigenvalue weighted by Crippen LogP contribution is -2.29. The normalized spacial score (nSPS) is 17.1. The molecule has 4 rings (SSSR count). The Morgan fingerprint density at radius 3 is 2.47 bits per heavy atom. The van der Waals surface area contributed by atoms with Gasteiger partial charge in [-0.15, -0.1) is 0 Å². The van der Waals surface area contributed by atoms with Gasteiger partial charge < -0.3 is 14.4 Å². The molecule has 2 heterocycles. The fourth-order valence-electron chi connectivity index (χ4n) is 3.65. The molecule has 0 saturated carbocycles. The van der Waals surface area contributed by atoms with Crippen LogP contribution in [0.3, 0.4) is 0 Å². The Kier molecular flexibility index (Phi) is 5.96. The van der Waals surface area contributed by atoms with Crippen molar-refractivity contribution in [3.8, 4) is 5.75 Å². The number of aliphatic hydroxyl groups excluding tert-OH is 1. The molecular formula is C24H19N3O7. The third-order valence-electron chi connectivity index (χ3n) is 5.22. The molecule has 0 spiro atoms. The van der Waals surface area contributed by atoms with Gasteiger partial charge in [-0.05, 0) is 48.9 Å². The van der Waals surface area contributed by atoms with E-state index in [4.69, 9.17) is 9.26 Å². The summed E-state index contributed by atoms with van der Waals surface area (Å²) in [5.74, 6) is -1.22. The summed E-state index contributed by atoms with van der Waals surface area (Å²) in [5, 5.41) is 26.0. The maximum atomic E-state index is 13.1. The molecule has 2 aromatic carbocycles. The molecule has 0 aliphatic carbocycles. The molecule has 34 heavy (non-hydrogen) atoms. The van der Waals surface area contributed by atoms with Gasteiger partial charge in [0, 0.05) is 23.8 Å². The lowest BCUT2D eigenvalue weighted by atomic mass is 9.95. The van der Waals surface area contributed by atoms with Crippen LogP contribution in [0.2, 0.25) is 0 Å². The molecule has 3 aromatic rings. The summed E-state index contributed by atoms with van der Waals surface area (Å²) in [6.07, 6.45) is 1.59. The van der Waals surface area contributed by atoms with Crippen LogP contribution in [0.1, 0.15) is 22.9 Å². The molecular weight excluding hydrogens is 442 g/mol. The summed E-state index contributed by atoms with van der Waals surface area (Å²) in [7, 11) is 0. The van der Waals surface area contributed by atoms with Gasteiger partial charge in [0.15, 0.2) is 5.82 Å². The van der Waals surface area contributed by atoms with Crippen molar-refractivity contribution in [3.05, 3.63) is 99.8 Å². The second-order valence-corrected chi connectivity index (χ2v) is 7.44. The molecule has 1 fully saturated rings. The van der Waals surface area contributed by atoms with Gasteiger partial charge in [0.05, 0.1) is 16.5 Å². The van der Waals surface area contributed by atoms with Crippen molar-refractivity contribution < 1.29 is 28.9 Å². The smallest absolute Gasteiger partial charge is 0.301 e. The van der Waals surface area contributed by atoms with Crippen molar-refractivity contribution >= 4 is 29.0 Å². The van der Waals surface area contributed by atoms with Gasteiger partial charge in [0.1, 0.15) is 23.9 Å². The highest BCUT2D eigenvalue weighted by molar-refractivity contribution is 6.51. The molecule has 0 bridgehead atoms. The molecule has 1 aliphatic rings. The van der Waals surface area contributed by atoms with E-state index >= 15 is 0 Å². The molecule has 172 valence electrons. The monoisotopic (exact) mass is 461 g/mol. The number of aliphatic hydroxyl groups is 1. The topological polar surface area (TPSA) is 136 Å². The number of ether oxygens (including phenoxy) is 1. The van der Waals surface area contributed by atoms with Crippen LogP contribution >= 0.6 is 0 Å². The standard InChI is InChI=1S/C24H19N3O7/c1-3-12-33-18-10-6-16(7-11-18)22(28)20-21(15-4-8-17(9-5-15)27(31)32)26(24(30)23(20)29)19-13-14(2)34-25-19/h3-11,13,21,28H,1,12H2,2H3/t21-/m1/s1. The number of Topliss-reactive ketones (excluding diaryl/α,β-unsaturated/α-hetero) is 1. The zero-order valence-corrected chi connectivity index (χ0v) is 18.0. The van der Waals surface area contributed by atoms with Crippen molar-refractivity contribution in [1.82, 2.24) is 5.16 Å². The molecule has 1 N–H and O–H groups in total. The van der Waals surface area contributed by atoms with E-state index in [1.165, 1.54) is 30.3 Å². The van der Waals surface area contributed by atoms with E-state index in [0.717, 1.165) is 4.90 Å². The number of rotatable bonds is 7. The van der Waals surface area contributed by atoms with Crippen LogP contribution in [0.25, 0.3) is 5.76 Å². The number of benzene rings is 2. The van der Waals surface area contributed by atoms with E-state index in [-0.39, 0.29) is 22.6 Å². The van der Waals surface area contributed by atoms with Crippen molar-refractivity contribution in [2.45, 2.75) is 13.0 Å². The molecule has 0 unspecified atom stereocenters. The molecule has 1 amide bonds. The van der Waals surface area contributed by atoms with Crippen LogP contribution < -0.4 is 9.64 Å². The number of hydrogen-bond acceptors (Lipinski definition) is 8. The van der Waals surface area contributed by atoms with Crippen LogP contribution in [0.5, 0.6) is 5.75 Å². The summed E-state index contributed by atoms with van der Waals surface area (Å²) in [5.41, 5.74) is 0.317. The number of carbonyl (C=O) groups is 2. The van der Waals surface area contributed by atoms with Gasteiger partial charge in [-0.1, -0.05) is 17.8 Å². The fraction of sp³-hybridized carbons (Fsp3) is 0.125. The number of amides is 1. The number of anilines is 1. The first-order valence-electron chi connectivity index (χ1n) is 10.1. The number of carbonyl (C=O) groups excluding carboxylic acids is 2. The fourth-order valence-corrected chi connectivity index (χ4v) is 3.65. The van der Waals surface area contributed by atoms with Crippen LogP contribution in [0, 0.1) is 17.0 Å². The minimum Gasteiger partial charge on any atom is -0.507 e. The third kappa shape index (κ3) is 4.04. The largest absolute Gasteiger partial charge is 0.507 e. The number of nitrogens with zero attached hydrogens (tertiary/aromatic N) is 3. The lowest BCUT2D eigenvalue weighted by Gasteiger charge is -2.22. The number of ketones is 1. The van der Waals surface area contributed by atoms with Crippen molar-refractivity contribution in [2.24, 2.45) is 0 Å². The van der Waals surface area contributed by atoms with Gasteiger partial charge in [0.25, 0.3) is 11.5 Å². The average Bonchev–Trinajstić information content (AvgIpc) is 3.38. The van der Waals surface area contributed by atoms with Gasteiger partial charge in [-0.2, -0.15) is 0 Å². The Bertz CT molecular complexity index is 1310. The highest BCUT2D eigenvalue weighted by Gasteiger charge is 2.48. The maximum absolute atomic E-state index is 13.1. The summed E-state index contributed by atoms with van der Waals surface area (Å²) < 4.78 is 10.5. The minimum absolute atomic E-state index is 0.0789. The Labute approximate surface area is 193 Å². The quantitative estimate of drug-likeness (QED) is 0.139. The first-order chi connectivity index (χ1) is 16.3. The summed E-state index contributed by atoms with van der Waals surface area (Å²) in [6.45, 7) is 5.51. The molecule has 1 aromatic heterocycles. The Hall–Kier alpha value is -4.73. The molecule has 1 aliphatic heterocycles. The number of aryl methyl sites for hydroxylation is 1. The summed E-state index contributed by atoms with van der Waals surface area (Å²) >= 11 is 0. The molecule has 1 atom stereocenters. The van der Waals surface area contributed by atoms with Crippen LogP contribution in [-0.4, -0.2) is 33.5 Å². The zero-order chi connectivity index (χ0) is 24.4. The lowest BCUT2D eigenvalue weighted by molar-refractivity contribution is -0.384. The SMILES string of the molecule is C=CCOc1ccc(C(O)=C2C(=O)C(=O)N(c3cc(C)on3)[C@@H]2c2ccc([N+](=O)[O-])cc2)cc1. The van der Waals surface area contributed by atoms with Gasteiger partial charge in [-0.3, -0.25) is 24.6 Å². The van der Waals surface area contributed by atoms with E-state index in [1.807, 2.05) is 0 Å². The van der Waals surface area contributed by atoms with Crippen LogP contribution in [-0.2, 0) is 9.59 Å². The van der Waals surface area contributed by atoms with Crippen molar-refractivity contribution in [2.75, 3.05) is 11.5 Å². The highest BCUT2D eigenvalue weighted by atomic mass is 16.6. The summed E-state index contributed by atoms with van der Waals surface area (Å²) in [6, 6.07) is 12.1. The number of nitro benzene ring substituents is 1. The van der Waals surface area contributed by atoms with E-state index in [0.29, 0.717) is 23.7 Å². The predicted molar refractivity (Wildman–Crippen MR) is 121 cm³/mol. The summed E-state index contributed by atoms with van der Waals surface area (Å²) in [4.78, 5) is 37.7. The van der Waals surface area contributed by atoms with Gasteiger partial charge >= 0.3 is 5.91 Å². The Morgan fingerprint density at radius 1 is 1.24 bits per heavy atom. The van der Waals surface area contributed by atoms with Gasteiger partial charge in [-0.25, -0.2) is 0 Å². The van der Waals surface area contributed by atoms with Crippen LogP contribution in [0.4, 0.5) is 11.5 Å². The van der Waals surface area contributed by atoms with Crippen LogP contribution in [0.15, 0.2) is 77.3 Å². The third-order valence-corrected chi connectivity index (χ3v) is 5.22. The molecule has 1 saturated heterocycles. The second kappa shape index (κ2) is 9.02. The number of non-ortho nitro benzene ring substituents is 1. The zero-order valence-electron chi connectivity index (χ0n) is 18.0. The molecule has 0 radical (unpaired) electrons. The first kappa shape index (κ1) is 22.5. The van der Waals surface area contributed by atoms with E-state index in [1.54, 1.807) is 37.3 Å². The number of nitro groups is 1. The minimum atomic E-state index is -1.08. The number of aromatic nitrogens is 1. The maximum Gasteiger partial charge on any atom is 0.301 e. The average molecular weight is 461 g/mol. The van der Waals surface area contributed by atoms with E-state index in [2.05, 4.69) is 11.7 Å². The first-order valence-corrected chi connectivity index (χ1v) is 10.1. The van der Waals surface area contributed by atoms with Crippen molar-refractivity contribution in [1.29, 1.82) is 0 Å². The second-order valence-electron chi connectivity index (χ2n) is 7.44. The predicted octanol–water partition coefficient (Wildman–Crippen LogP) is 4.08. The Balaban J connectivity index is 1.84. The molecule has 10 nitrogen and oxygen atoms in total. The van der Waals surface area contributed by atoms with E-state index in [9.17, 15) is 24.8 Å². The molecule has 10 heteroatoms. The van der Waals surface area contributed by atoms with Crippen molar-refractivity contribution in [3.63, 3.8) is 0 Å². The highest BCUT2D eigenvalue weighted by Crippen LogP contribution is 2.42. The number of hydrogen-bond donors (Lipinski definition) is 1. The van der Waals surface area contributed by atoms with Gasteiger partial charge in [0.2, 0.25) is 0 Å².